The number of ether oxygens (including phenoxy) is 4. The average Bonchev–Trinajstić information content (AvgIpc) is 3.62. The molecule has 0 radical (unpaired) electrons. The smallest absolute Gasteiger partial charge is 0.462 e. The van der Waals surface area contributed by atoms with Crippen molar-refractivity contribution in [1.29, 1.82) is 0 Å². The molecule has 7 atom stereocenters. The van der Waals surface area contributed by atoms with Gasteiger partial charge in [0.2, 0.25) is 0 Å². The van der Waals surface area contributed by atoms with Gasteiger partial charge in [-0.25, -0.2) is 9.13 Å². The summed E-state index contributed by atoms with van der Waals surface area (Å²) in [6.45, 7) is 14.1. The lowest BCUT2D eigenvalue weighted by Gasteiger charge is -2.21. The average molecular weight is 1300 g/mol. The van der Waals surface area contributed by atoms with Crippen LogP contribution in [-0.2, 0) is 65.4 Å². The second-order valence-electron chi connectivity index (χ2n) is 26.4. The Morgan fingerprint density at radius 2 is 0.545 bits per heavy atom. The number of phosphoric acid groups is 2. The van der Waals surface area contributed by atoms with Gasteiger partial charge in [-0.3, -0.25) is 37.3 Å². The Morgan fingerprint density at radius 3 is 0.807 bits per heavy atom. The normalized spacial score (nSPS) is 14.9. The second-order valence-corrected chi connectivity index (χ2v) is 29.3. The van der Waals surface area contributed by atoms with Gasteiger partial charge in [0.1, 0.15) is 19.3 Å². The van der Waals surface area contributed by atoms with Crippen LogP contribution in [0.2, 0.25) is 0 Å². The summed E-state index contributed by atoms with van der Waals surface area (Å²) in [6.07, 6.45) is 40.4. The van der Waals surface area contributed by atoms with Crippen molar-refractivity contribution in [2.75, 3.05) is 39.6 Å². The van der Waals surface area contributed by atoms with Crippen LogP contribution in [-0.4, -0.2) is 96.7 Å². The minimum absolute atomic E-state index is 0.103. The molecule has 0 saturated heterocycles. The molecule has 0 aliphatic carbocycles. The number of aliphatic hydroxyl groups is 1. The number of unbranched alkanes of at least 4 members (excludes halogenated alkanes) is 30. The highest BCUT2D eigenvalue weighted by Crippen LogP contribution is 2.45. The maximum absolute atomic E-state index is 13.0. The summed E-state index contributed by atoms with van der Waals surface area (Å²) in [5.74, 6) is 0.852. The van der Waals surface area contributed by atoms with Crippen LogP contribution in [0.5, 0.6) is 0 Å². The van der Waals surface area contributed by atoms with Gasteiger partial charge in [-0.1, -0.05) is 287 Å². The molecule has 0 spiro atoms. The lowest BCUT2D eigenvalue weighted by atomic mass is 9.99. The molecule has 0 saturated carbocycles. The van der Waals surface area contributed by atoms with Crippen LogP contribution in [0, 0.1) is 23.7 Å². The number of esters is 4. The molecule has 0 bridgehead atoms. The van der Waals surface area contributed by atoms with E-state index >= 15 is 0 Å². The number of hydrogen-bond donors (Lipinski definition) is 3. The van der Waals surface area contributed by atoms with Gasteiger partial charge in [-0.2, -0.15) is 0 Å². The fraction of sp³-hybridized carbons (Fsp3) is 0.942. The van der Waals surface area contributed by atoms with Gasteiger partial charge in [0.05, 0.1) is 26.4 Å². The number of rotatable bonds is 66. The molecule has 19 heteroatoms. The van der Waals surface area contributed by atoms with E-state index in [1.807, 2.05) is 0 Å². The van der Waals surface area contributed by atoms with Crippen molar-refractivity contribution in [3.05, 3.63) is 0 Å². The molecule has 17 nitrogen and oxygen atoms in total. The SMILES string of the molecule is CCC(C)CCCCCCCCCCC(=O)O[C@H](COC(=O)CCCCCCCCC(C)CC)COP(=O)(O)OC[C@H](O)COP(=O)(O)OC[C@@H](COC(=O)CCCCCCCCCCCCCCCC(C)C)OC(=O)CCCCCCCCCC(C)C. The molecule has 522 valence electrons. The van der Waals surface area contributed by atoms with Gasteiger partial charge >= 0.3 is 39.5 Å². The highest BCUT2D eigenvalue weighted by atomic mass is 31.2. The molecule has 0 amide bonds. The van der Waals surface area contributed by atoms with Crippen LogP contribution in [0.4, 0.5) is 0 Å². The fourth-order valence-corrected chi connectivity index (χ4v) is 11.8. The summed E-state index contributed by atoms with van der Waals surface area (Å²) in [5.41, 5.74) is 0. The Labute approximate surface area is 537 Å². The van der Waals surface area contributed by atoms with Crippen LogP contribution in [0.25, 0.3) is 0 Å². The summed E-state index contributed by atoms with van der Waals surface area (Å²) < 4.78 is 68.2. The Balaban J connectivity index is 5.23. The monoisotopic (exact) mass is 1300 g/mol. The molecule has 0 aliphatic rings. The lowest BCUT2D eigenvalue weighted by Crippen LogP contribution is -2.30. The Kier molecular flexibility index (Phi) is 57.6. The van der Waals surface area contributed by atoms with Crippen molar-refractivity contribution >= 4 is 39.5 Å². The molecule has 4 unspecified atom stereocenters. The summed E-state index contributed by atoms with van der Waals surface area (Å²) in [5, 5.41) is 10.6. The zero-order valence-electron chi connectivity index (χ0n) is 57.3. The zero-order valence-corrected chi connectivity index (χ0v) is 59.1. The highest BCUT2D eigenvalue weighted by Gasteiger charge is 2.30. The summed E-state index contributed by atoms with van der Waals surface area (Å²) in [7, 11) is -9.90. The number of phosphoric ester groups is 2. The number of carbonyl (C=O) groups is 4. The van der Waals surface area contributed by atoms with Crippen LogP contribution < -0.4 is 0 Å². The van der Waals surface area contributed by atoms with E-state index in [1.165, 1.54) is 135 Å². The second kappa shape index (κ2) is 58.8. The first kappa shape index (κ1) is 86.1. The number of carbonyl (C=O) groups excluding carboxylic acids is 4. The molecule has 0 aliphatic heterocycles. The molecular weight excluding hydrogens is 1160 g/mol. The van der Waals surface area contributed by atoms with E-state index in [4.69, 9.17) is 37.0 Å². The molecule has 88 heavy (non-hydrogen) atoms. The van der Waals surface area contributed by atoms with Crippen molar-refractivity contribution in [2.45, 2.75) is 356 Å². The first-order valence-corrected chi connectivity index (χ1v) is 38.8. The van der Waals surface area contributed by atoms with E-state index < -0.39 is 97.5 Å². The lowest BCUT2D eigenvalue weighted by molar-refractivity contribution is -0.161. The Bertz CT molecular complexity index is 1750. The van der Waals surface area contributed by atoms with Crippen molar-refractivity contribution in [2.24, 2.45) is 23.7 Å². The predicted octanol–water partition coefficient (Wildman–Crippen LogP) is 19.3. The van der Waals surface area contributed by atoms with Crippen LogP contribution in [0.3, 0.4) is 0 Å². The largest absolute Gasteiger partial charge is 0.472 e. The number of hydrogen-bond acceptors (Lipinski definition) is 15. The van der Waals surface area contributed by atoms with E-state index in [-0.39, 0.29) is 25.7 Å². The summed E-state index contributed by atoms with van der Waals surface area (Å²) in [6, 6.07) is 0. The molecular formula is C69H134O17P2. The van der Waals surface area contributed by atoms with Gasteiger partial charge < -0.3 is 33.8 Å². The van der Waals surface area contributed by atoms with Gasteiger partial charge in [0, 0.05) is 25.7 Å². The van der Waals surface area contributed by atoms with Crippen LogP contribution >= 0.6 is 15.6 Å². The highest BCUT2D eigenvalue weighted by molar-refractivity contribution is 7.47. The molecule has 0 rings (SSSR count). The maximum atomic E-state index is 13.0. The zero-order chi connectivity index (χ0) is 65.4. The van der Waals surface area contributed by atoms with Crippen molar-refractivity contribution in [1.82, 2.24) is 0 Å². The third-order valence-electron chi connectivity index (χ3n) is 16.5. The topological polar surface area (TPSA) is 237 Å². The van der Waals surface area contributed by atoms with Gasteiger partial charge in [-0.05, 0) is 49.4 Å². The van der Waals surface area contributed by atoms with Gasteiger partial charge in [-0.15, -0.1) is 0 Å². The molecule has 3 N–H and O–H groups in total. The molecule has 0 fully saturated rings. The molecule has 0 aromatic carbocycles. The van der Waals surface area contributed by atoms with E-state index in [0.717, 1.165) is 114 Å². The maximum Gasteiger partial charge on any atom is 0.472 e. The van der Waals surface area contributed by atoms with Gasteiger partial charge in [0.25, 0.3) is 0 Å². The quantitative estimate of drug-likeness (QED) is 0.0222. The standard InChI is InChI=1S/C69H134O17P2/c1-9-61(7)47-39-31-23-18-19-25-35-43-51-68(73)85-65(56-80-67(72)50-42-34-28-27-32-40-48-62(8)10-2)58-84-88(77,78)82-54-63(70)53-81-87(75,76)83-57-64(86-69(74)52-44-36-26-20-22-30-38-46-60(5)6)55-79-66(71)49-41-33-24-17-15-13-11-12-14-16-21-29-37-45-59(3)4/h59-65,70H,9-58H2,1-8H3,(H,75,76)(H,77,78)/t61?,62?,63-,64-,65-/m1/s1. The van der Waals surface area contributed by atoms with E-state index in [0.29, 0.717) is 31.6 Å². The van der Waals surface area contributed by atoms with Crippen LogP contribution in [0.1, 0.15) is 338 Å². The Morgan fingerprint density at radius 1 is 0.318 bits per heavy atom. The minimum Gasteiger partial charge on any atom is -0.462 e. The molecule has 0 heterocycles. The van der Waals surface area contributed by atoms with Crippen LogP contribution in [0.15, 0.2) is 0 Å². The summed E-state index contributed by atoms with van der Waals surface area (Å²) in [4.78, 5) is 72.5. The third-order valence-corrected chi connectivity index (χ3v) is 18.4. The van der Waals surface area contributed by atoms with E-state index in [9.17, 15) is 43.2 Å². The van der Waals surface area contributed by atoms with E-state index in [1.54, 1.807) is 0 Å². The molecule has 0 aromatic heterocycles. The van der Waals surface area contributed by atoms with E-state index in [2.05, 4.69) is 55.4 Å². The Hall–Kier alpha value is -1.94. The van der Waals surface area contributed by atoms with Gasteiger partial charge in [0.15, 0.2) is 12.2 Å². The third kappa shape index (κ3) is 60.3. The first-order valence-electron chi connectivity index (χ1n) is 35.8. The first-order chi connectivity index (χ1) is 42.2. The summed E-state index contributed by atoms with van der Waals surface area (Å²) >= 11 is 0. The van der Waals surface area contributed by atoms with Crippen molar-refractivity contribution in [3.8, 4) is 0 Å². The fourth-order valence-electron chi connectivity index (χ4n) is 10.2. The number of aliphatic hydroxyl groups excluding tert-OH is 1. The van der Waals surface area contributed by atoms with Crippen molar-refractivity contribution in [3.63, 3.8) is 0 Å². The molecule has 0 aromatic rings. The van der Waals surface area contributed by atoms with Crippen molar-refractivity contribution < 1.29 is 80.2 Å². The predicted molar refractivity (Wildman–Crippen MR) is 354 cm³/mol. The minimum atomic E-state index is -4.95.